The molecule has 0 aliphatic heterocycles. The Hall–Kier alpha value is -3.00. The molecule has 1 amide bonds. The van der Waals surface area contributed by atoms with Gasteiger partial charge in [-0.2, -0.15) is 5.26 Å². The molecule has 0 bridgehead atoms. The minimum atomic E-state index is -0.101. The molecule has 0 atom stereocenters. The number of nitriles is 1. The van der Waals surface area contributed by atoms with Gasteiger partial charge in [0.05, 0.1) is 18.2 Å². The monoisotopic (exact) mass is 352 g/mol. The zero-order valence-electron chi connectivity index (χ0n) is 15.4. The molecule has 0 aliphatic rings. The summed E-state index contributed by atoms with van der Waals surface area (Å²) >= 11 is 0. The summed E-state index contributed by atoms with van der Waals surface area (Å²) in [5.74, 6) is 0.830. The summed E-state index contributed by atoms with van der Waals surface area (Å²) in [6.45, 7) is 6.71. The van der Waals surface area contributed by atoms with E-state index in [1.807, 2.05) is 51.1 Å². The van der Waals surface area contributed by atoms with Gasteiger partial charge in [-0.15, -0.1) is 0 Å². The van der Waals surface area contributed by atoms with Gasteiger partial charge in [-0.3, -0.25) is 4.79 Å². The van der Waals surface area contributed by atoms with Crippen molar-refractivity contribution >= 4 is 5.91 Å². The fourth-order valence-corrected chi connectivity index (χ4v) is 2.53. The van der Waals surface area contributed by atoms with Crippen LogP contribution in [0.2, 0.25) is 0 Å². The first kappa shape index (κ1) is 19.3. The Balaban J connectivity index is 2.07. The van der Waals surface area contributed by atoms with Crippen molar-refractivity contribution in [1.29, 1.82) is 5.26 Å². The first-order chi connectivity index (χ1) is 12.5. The van der Waals surface area contributed by atoms with Crippen LogP contribution in [0.4, 0.5) is 0 Å². The fourth-order valence-electron chi connectivity index (χ4n) is 2.53. The summed E-state index contributed by atoms with van der Waals surface area (Å²) in [7, 11) is 0. The molecule has 0 aromatic heterocycles. The van der Waals surface area contributed by atoms with Crippen LogP contribution in [0.1, 0.15) is 31.9 Å². The van der Waals surface area contributed by atoms with Crippen LogP contribution in [-0.4, -0.2) is 30.1 Å². The van der Waals surface area contributed by atoms with E-state index >= 15 is 0 Å². The minimum absolute atomic E-state index is 0.0543. The molecule has 5 nitrogen and oxygen atoms in total. The topological polar surface area (TPSA) is 62.6 Å². The van der Waals surface area contributed by atoms with Crippen molar-refractivity contribution in [2.45, 2.75) is 33.4 Å². The molecule has 2 aromatic rings. The molecule has 2 aromatic carbocycles. The molecule has 0 saturated carbocycles. The summed E-state index contributed by atoms with van der Waals surface area (Å²) in [6, 6.07) is 16.9. The van der Waals surface area contributed by atoms with Crippen LogP contribution in [0, 0.1) is 11.3 Å². The SMILES string of the molecule is CCOc1cc(C#N)ccc1OCC(=O)N(Cc1ccccc1)C(C)C. The van der Waals surface area contributed by atoms with E-state index in [0.717, 1.165) is 5.56 Å². The Morgan fingerprint density at radius 2 is 1.85 bits per heavy atom. The number of benzene rings is 2. The molecule has 0 fully saturated rings. The third-order valence-corrected chi connectivity index (χ3v) is 3.86. The first-order valence-electron chi connectivity index (χ1n) is 8.68. The van der Waals surface area contributed by atoms with Crippen LogP contribution in [0.15, 0.2) is 48.5 Å². The minimum Gasteiger partial charge on any atom is -0.490 e. The van der Waals surface area contributed by atoms with Gasteiger partial charge in [0.25, 0.3) is 5.91 Å². The summed E-state index contributed by atoms with van der Waals surface area (Å²) in [6.07, 6.45) is 0. The van der Waals surface area contributed by atoms with E-state index in [2.05, 4.69) is 6.07 Å². The van der Waals surface area contributed by atoms with E-state index in [9.17, 15) is 4.79 Å². The quantitative estimate of drug-likeness (QED) is 0.725. The lowest BCUT2D eigenvalue weighted by atomic mass is 10.2. The summed E-state index contributed by atoms with van der Waals surface area (Å²) in [5, 5.41) is 9.01. The molecule has 5 heteroatoms. The number of carbonyl (C=O) groups excluding carboxylic acids is 1. The molecule has 0 saturated heterocycles. The van der Waals surface area contributed by atoms with Crippen molar-refractivity contribution in [2.75, 3.05) is 13.2 Å². The standard InChI is InChI=1S/C21H24N2O3/c1-4-25-20-12-18(13-22)10-11-19(20)26-15-21(24)23(16(2)3)14-17-8-6-5-7-9-17/h5-12,16H,4,14-15H2,1-3H3. The number of carbonyl (C=O) groups is 1. The second-order valence-corrected chi connectivity index (χ2v) is 6.10. The van der Waals surface area contributed by atoms with E-state index in [0.29, 0.717) is 30.2 Å². The number of rotatable bonds is 8. The van der Waals surface area contributed by atoms with Gasteiger partial charge in [0.2, 0.25) is 0 Å². The number of hydrogen-bond donors (Lipinski definition) is 0. The van der Waals surface area contributed by atoms with Crippen molar-refractivity contribution in [2.24, 2.45) is 0 Å². The van der Waals surface area contributed by atoms with Crippen molar-refractivity contribution < 1.29 is 14.3 Å². The normalized spacial score (nSPS) is 10.3. The van der Waals surface area contributed by atoms with E-state index in [1.54, 1.807) is 23.1 Å². The Labute approximate surface area is 154 Å². The predicted molar refractivity (Wildman–Crippen MR) is 99.9 cm³/mol. The highest BCUT2D eigenvalue weighted by Crippen LogP contribution is 2.28. The van der Waals surface area contributed by atoms with Gasteiger partial charge in [-0.1, -0.05) is 30.3 Å². The molecule has 0 N–H and O–H groups in total. The molecule has 136 valence electrons. The number of nitrogens with zero attached hydrogens (tertiary/aromatic N) is 2. The third kappa shape index (κ3) is 5.25. The number of hydrogen-bond acceptors (Lipinski definition) is 4. The number of amides is 1. The maximum atomic E-state index is 12.7. The Bertz CT molecular complexity index is 767. The van der Waals surface area contributed by atoms with Crippen LogP contribution < -0.4 is 9.47 Å². The molecule has 26 heavy (non-hydrogen) atoms. The maximum Gasteiger partial charge on any atom is 0.261 e. The maximum absolute atomic E-state index is 12.7. The zero-order valence-corrected chi connectivity index (χ0v) is 15.4. The lowest BCUT2D eigenvalue weighted by molar-refractivity contribution is -0.135. The highest BCUT2D eigenvalue weighted by Gasteiger charge is 2.19. The largest absolute Gasteiger partial charge is 0.490 e. The molecule has 0 radical (unpaired) electrons. The van der Waals surface area contributed by atoms with Gasteiger partial charge in [-0.25, -0.2) is 0 Å². The lowest BCUT2D eigenvalue weighted by Gasteiger charge is -2.27. The van der Waals surface area contributed by atoms with E-state index in [-0.39, 0.29) is 18.6 Å². The van der Waals surface area contributed by atoms with Crippen molar-refractivity contribution in [3.8, 4) is 17.6 Å². The van der Waals surface area contributed by atoms with Gasteiger partial charge in [0.1, 0.15) is 0 Å². The summed E-state index contributed by atoms with van der Waals surface area (Å²) in [4.78, 5) is 14.4. The van der Waals surface area contributed by atoms with E-state index < -0.39 is 0 Å². The average molecular weight is 352 g/mol. The zero-order chi connectivity index (χ0) is 18.9. The van der Waals surface area contributed by atoms with Crippen molar-refractivity contribution in [3.05, 3.63) is 59.7 Å². The van der Waals surface area contributed by atoms with Crippen LogP contribution in [-0.2, 0) is 11.3 Å². The van der Waals surface area contributed by atoms with E-state index in [1.165, 1.54) is 0 Å². The molecule has 0 aliphatic carbocycles. The molecule has 0 spiro atoms. The van der Waals surface area contributed by atoms with Gasteiger partial charge in [-0.05, 0) is 38.5 Å². The summed E-state index contributed by atoms with van der Waals surface area (Å²) in [5.41, 5.74) is 1.56. The Morgan fingerprint density at radius 3 is 2.46 bits per heavy atom. The van der Waals surface area contributed by atoms with Crippen LogP contribution in [0.3, 0.4) is 0 Å². The van der Waals surface area contributed by atoms with Crippen LogP contribution in [0.5, 0.6) is 11.5 Å². The van der Waals surface area contributed by atoms with Crippen molar-refractivity contribution in [3.63, 3.8) is 0 Å². The molecule has 0 heterocycles. The molecular formula is C21H24N2O3. The second-order valence-electron chi connectivity index (χ2n) is 6.10. The highest BCUT2D eigenvalue weighted by atomic mass is 16.5. The lowest BCUT2D eigenvalue weighted by Crippen LogP contribution is -2.39. The average Bonchev–Trinajstić information content (AvgIpc) is 2.65. The van der Waals surface area contributed by atoms with Gasteiger partial charge >= 0.3 is 0 Å². The fraction of sp³-hybridized carbons (Fsp3) is 0.333. The van der Waals surface area contributed by atoms with Gasteiger partial charge in [0.15, 0.2) is 18.1 Å². The molecule has 0 unspecified atom stereocenters. The predicted octanol–water partition coefficient (Wildman–Crippen LogP) is 3.77. The second kappa shape index (κ2) is 9.47. The third-order valence-electron chi connectivity index (χ3n) is 3.86. The Morgan fingerprint density at radius 1 is 1.12 bits per heavy atom. The van der Waals surface area contributed by atoms with Gasteiger partial charge in [0, 0.05) is 18.7 Å². The van der Waals surface area contributed by atoms with Crippen LogP contribution in [0.25, 0.3) is 0 Å². The molecule has 2 rings (SSSR count). The van der Waals surface area contributed by atoms with Gasteiger partial charge < -0.3 is 14.4 Å². The molecular weight excluding hydrogens is 328 g/mol. The van der Waals surface area contributed by atoms with Crippen molar-refractivity contribution in [1.82, 2.24) is 4.90 Å². The summed E-state index contributed by atoms with van der Waals surface area (Å²) < 4.78 is 11.2. The van der Waals surface area contributed by atoms with E-state index in [4.69, 9.17) is 14.7 Å². The number of ether oxygens (including phenoxy) is 2. The van der Waals surface area contributed by atoms with Crippen LogP contribution >= 0.6 is 0 Å². The highest BCUT2D eigenvalue weighted by molar-refractivity contribution is 5.78. The first-order valence-corrected chi connectivity index (χ1v) is 8.68. The Kier molecular flexibility index (Phi) is 7.04. The smallest absolute Gasteiger partial charge is 0.261 e.